The Morgan fingerprint density at radius 3 is 2.38 bits per heavy atom. The number of nitrogens with one attached hydrogen (secondary N) is 1. The summed E-state index contributed by atoms with van der Waals surface area (Å²) >= 11 is 0. The minimum Gasteiger partial charge on any atom is -0.497 e. The van der Waals surface area contributed by atoms with Crippen LogP contribution in [0.15, 0.2) is 34.9 Å². The summed E-state index contributed by atoms with van der Waals surface area (Å²) in [6.07, 6.45) is -0.0878. The number of benzene rings is 1. The van der Waals surface area contributed by atoms with Gasteiger partial charge in [0.2, 0.25) is 0 Å². The van der Waals surface area contributed by atoms with Crippen molar-refractivity contribution in [1.29, 1.82) is 0 Å². The van der Waals surface area contributed by atoms with Crippen molar-refractivity contribution in [1.82, 2.24) is 5.16 Å². The van der Waals surface area contributed by atoms with Crippen LogP contribution in [0.2, 0.25) is 0 Å². The van der Waals surface area contributed by atoms with Crippen molar-refractivity contribution >= 4 is 11.7 Å². The van der Waals surface area contributed by atoms with E-state index in [0.717, 1.165) is 5.75 Å². The highest BCUT2D eigenvalue weighted by atomic mass is 16.5. The molecule has 1 N–H and O–H groups in total. The Balaban J connectivity index is 2.01. The first kappa shape index (κ1) is 17.8. The van der Waals surface area contributed by atoms with Gasteiger partial charge in [-0.15, -0.1) is 0 Å². The van der Waals surface area contributed by atoms with Crippen LogP contribution >= 0.6 is 0 Å². The molecule has 1 atom stereocenters. The summed E-state index contributed by atoms with van der Waals surface area (Å²) in [6, 6.07) is 8.84. The normalized spacial score (nSPS) is 12.5. The van der Waals surface area contributed by atoms with Gasteiger partial charge in [0.1, 0.15) is 17.3 Å². The van der Waals surface area contributed by atoms with Crippen LogP contribution < -0.4 is 14.8 Å². The average Bonchev–Trinajstić information content (AvgIpc) is 3.01. The number of carbonyl (C=O) groups excluding carboxylic acids is 1. The monoisotopic (exact) mass is 332 g/mol. The molecule has 0 aliphatic carbocycles. The van der Waals surface area contributed by atoms with Crippen molar-refractivity contribution in [2.75, 3.05) is 12.4 Å². The molecular formula is C18H24N2O4. The third kappa shape index (κ3) is 4.50. The highest BCUT2D eigenvalue weighted by Crippen LogP contribution is 2.25. The molecule has 0 aliphatic rings. The summed E-state index contributed by atoms with van der Waals surface area (Å²) in [4.78, 5) is 12.4. The fourth-order valence-electron chi connectivity index (χ4n) is 2.04. The van der Waals surface area contributed by atoms with Crippen LogP contribution in [-0.4, -0.2) is 24.3 Å². The van der Waals surface area contributed by atoms with Crippen LogP contribution in [0.5, 0.6) is 11.5 Å². The van der Waals surface area contributed by atoms with Gasteiger partial charge in [-0.2, -0.15) is 0 Å². The molecule has 1 heterocycles. The summed E-state index contributed by atoms with van der Waals surface area (Å²) in [5.41, 5.74) is -0.167. The molecule has 0 unspecified atom stereocenters. The van der Waals surface area contributed by atoms with E-state index in [4.69, 9.17) is 14.0 Å². The minimum absolute atomic E-state index is 0.167. The van der Waals surface area contributed by atoms with Gasteiger partial charge in [-0.05, 0) is 30.7 Å². The van der Waals surface area contributed by atoms with Gasteiger partial charge in [0.15, 0.2) is 11.9 Å². The van der Waals surface area contributed by atoms with Gasteiger partial charge < -0.3 is 19.3 Å². The number of ether oxygens (including phenoxy) is 2. The molecule has 6 heteroatoms. The van der Waals surface area contributed by atoms with Gasteiger partial charge in [-0.3, -0.25) is 4.79 Å². The lowest BCUT2D eigenvalue weighted by molar-refractivity contribution is -0.122. The van der Waals surface area contributed by atoms with Crippen molar-refractivity contribution in [3.8, 4) is 11.5 Å². The minimum atomic E-state index is -0.617. The third-order valence-corrected chi connectivity index (χ3v) is 3.50. The molecule has 0 bridgehead atoms. The maximum absolute atomic E-state index is 12.4. The lowest BCUT2D eigenvalue weighted by atomic mass is 9.93. The standard InChI is InChI=1S/C18H24N2O4/c1-6-14(23-13-9-7-12(22-5)8-10-13)17(21)19-16-11-15(24-20-16)18(2,3)4/h7-11,14H,6H2,1-5H3,(H,19,20,21)/t14-/m1/s1. The van der Waals surface area contributed by atoms with E-state index in [1.54, 1.807) is 37.4 Å². The van der Waals surface area contributed by atoms with Gasteiger partial charge in [-0.1, -0.05) is 32.9 Å². The number of nitrogens with zero attached hydrogens (tertiary/aromatic N) is 1. The Morgan fingerprint density at radius 1 is 1.25 bits per heavy atom. The summed E-state index contributed by atoms with van der Waals surface area (Å²) < 4.78 is 16.1. The van der Waals surface area contributed by atoms with E-state index < -0.39 is 6.10 Å². The Kier molecular flexibility index (Phi) is 5.49. The third-order valence-electron chi connectivity index (χ3n) is 3.50. The van der Waals surface area contributed by atoms with Crippen LogP contribution in [0.1, 0.15) is 39.9 Å². The van der Waals surface area contributed by atoms with Crippen molar-refractivity contribution < 1.29 is 18.8 Å². The maximum Gasteiger partial charge on any atom is 0.266 e. The van der Waals surface area contributed by atoms with Gasteiger partial charge in [0.25, 0.3) is 5.91 Å². The first-order valence-corrected chi connectivity index (χ1v) is 7.92. The highest BCUT2D eigenvalue weighted by Gasteiger charge is 2.23. The Bertz CT molecular complexity index is 671. The molecule has 0 saturated heterocycles. The van der Waals surface area contributed by atoms with Crippen molar-refractivity contribution in [2.24, 2.45) is 0 Å². The molecular weight excluding hydrogens is 308 g/mol. The molecule has 130 valence electrons. The molecule has 2 aromatic rings. The zero-order valence-electron chi connectivity index (χ0n) is 14.8. The highest BCUT2D eigenvalue weighted by molar-refractivity contribution is 5.93. The second-order valence-electron chi connectivity index (χ2n) is 6.51. The molecule has 24 heavy (non-hydrogen) atoms. The summed E-state index contributed by atoms with van der Waals surface area (Å²) in [6.45, 7) is 7.93. The van der Waals surface area contributed by atoms with Crippen molar-refractivity contribution in [3.63, 3.8) is 0 Å². The predicted octanol–water partition coefficient (Wildman–Crippen LogP) is 3.78. The topological polar surface area (TPSA) is 73.6 Å². The predicted molar refractivity (Wildman–Crippen MR) is 91.5 cm³/mol. The van der Waals surface area contributed by atoms with Gasteiger partial charge in [0, 0.05) is 11.5 Å². The molecule has 1 aromatic heterocycles. The number of hydrogen-bond acceptors (Lipinski definition) is 5. The van der Waals surface area contributed by atoms with Crippen LogP contribution in [-0.2, 0) is 10.2 Å². The number of carbonyl (C=O) groups is 1. The molecule has 0 fully saturated rings. The molecule has 0 spiro atoms. The number of rotatable bonds is 6. The number of methoxy groups -OCH3 is 1. The molecule has 1 amide bonds. The number of amides is 1. The van der Waals surface area contributed by atoms with E-state index in [2.05, 4.69) is 10.5 Å². The number of hydrogen-bond donors (Lipinski definition) is 1. The number of anilines is 1. The second-order valence-corrected chi connectivity index (χ2v) is 6.51. The lowest BCUT2D eigenvalue weighted by Gasteiger charge is -2.16. The fourth-order valence-corrected chi connectivity index (χ4v) is 2.04. The average molecular weight is 332 g/mol. The zero-order chi connectivity index (χ0) is 17.7. The van der Waals surface area contributed by atoms with E-state index in [-0.39, 0.29) is 11.3 Å². The van der Waals surface area contributed by atoms with Crippen LogP contribution in [0.3, 0.4) is 0 Å². The Labute approximate surface area is 142 Å². The van der Waals surface area contributed by atoms with E-state index in [9.17, 15) is 4.79 Å². The summed E-state index contributed by atoms with van der Waals surface area (Å²) in [7, 11) is 1.60. The van der Waals surface area contributed by atoms with E-state index in [0.29, 0.717) is 23.7 Å². The quantitative estimate of drug-likeness (QED) is 0.871. The molecule has 6 nitrogen and oxygen atoms in total. The smallest absolute Gasteiger partial charge is 0.266 e. The Hall–Kier alpha value is -2.50. The fraction of sp³-hybridized carbons (Fsp3) is 0.444. The van der Waals surface area contributed by atoms with E-state index >= 15 is 0 Å². The van der Waals surface area contributed by atoms with Crippen molar-refractivity contribution in [3.05, 3.63) is 36.1 Å². The van der Waals surface area contributed by atoms with E-state index in [1.807, 2.05) is 27.7 Å². The summed E-state index contributed by atoms with van der Waals surface area (Å²) in [5.74, 6) is 2.18. The van der Waals surface area contributed by atoms with Gasteiger partial charge >= 0.3 is 0 Å². The van der Waals surface area contributed by atoms with Gasteiger partial charge in [0.05, 0.1) is 7.11 Å². The maximum atomic E-state index is 12.4. The van der Waals surface area contributed by atoms with E-state index in [1.165, 1.54) is 0 Å². The molecule has 2 rings (SSSR count). The number of aromatic nitrogens is 1. The largest absolute Gasteiger partial charge is 0.497 e. The van der Waals surface area contributed by atoms with Crippen LogP contribution in [0, 0.1) is 0 Å². The first-order valence-electron chi connectivity index (χ1n) is 7.92. The second kappa shape index (κ2) is 7.38. The molecule has 0 saturated carbocycles. The molecule has 0 radical (unpaired) electrons. The molecule has 1 aromatic carbocycles. The lowest BCUT2D eigenvalue weighted by Crippen LogP contribution is -2.32. The Morgan fingerprint density at radius 2 is 1.88 bits per heavy atom. The van der Waals surface area contributed by atoms with Crippen molar-refractivity contribution in [2.45, 2.75) is 45.6 Å². The van der Waals surface area contributed by atoms with Crippen LogP contribution in [0.25, 0.3) is 0 Å². The van der Waals surface area contributed by atoms with Crippen LogP contribution in [0.4, 0.5) is 5.82 Å². The first-order chi connectivity index (χ1) is 11.3. The van der Waals surface area contributed by atoms with Gasteiger partial charge in [-0.25, -0.2) is 0 Å². The SMILES string of the molecule is CC[C@@H](Oc1ccc(OC)cc1)C(=O)Nc1cc(C(C)(C)C)on1. The molecule has 0 aliphatic heterocycles. The summed E-state index contributed by atoms with van der Waals surface area (Å²) in [5, 5.41) is 6.62. The zero-order valence-corrected chi connectivity index (χ0v) is 14.8.